The Kier molecular flexibility index (Phi) is 8.49. The SMILES string of the molecule is N#Cc1ccc(O)cc1.N#Cc1ccc(Oc2ccc(C(F)(F)F)cc2C(=O)Nc2cc[nH]c(=O)c2)cc1. The molecule has 0 atom stereocenters. The number of aromatic amines is 1. The molecule has 0 saturated heterocycles. The van der Waals surface area contributed by atoms with E-state index in [1.807, 2.05) is 12.1 Å². The molecule has 0 bridgehead atoms. The molecule has 3 aromatic carbocycles. The topological polar surface area (TPSA) is 139 Å². The fourth-order valence-corrected chi connectivity index (χ4v) is 2.95. The van der Waals surface area contributed by atoms with Crippen molar-refractivity contribution in [2.45, 2.75) is 6.18 Å². The Morgan fingerprint density at radius 2 is 1.50 bits per heavy atom. The van der Waals surface area contributed by atoms with E-state index >= 15 is 0 Å². The van der Waals surface area contributed by atoms with Crippen LogP contribution >= 0.6 is 0 Å². The van der Waals surface area contributed by atoms with Crippen molar-refractivity contribution in [2.75, 3.05) is 5.32 Å². The van der Waals surface area contributed by atoms with E-state index in [1.54, 1.807) is 12.1 Å². The summed E-state index contributed by atoms with van der Waals surface area (Å²) >= 11 is 0. The van der Waals surface area contributed by atoms with Gasteiger partial charge in [-0.1, -0.05) is 0 Å². The number of nitrogens with zero attached hydrogens (tertiary/aromatic N) is 2. The van der Waals surface area contributed by atoms with Crippen molar-refractivity contribution in [3.8, 4) is 29.4 Å². The zero-order valence-electron chi connectivity index (χ0n) is 19.3. The number of H-pyrrole nitrogens is 1. The van der Waals surface area contributed by atoms with Gasteiger partial charge in [-0.15, -0.1) is 0 Å². The molecule has 1 heterocycles. The Bertz CT molecular complexity index is 1570. The molecule has 38 heavy (non-hydrogen) atoms. The van der Waals surface area contributed by atoms with E-state index in [-0.39, 0.29) is 28.5 Å². The molecule has 1 amide bonds. The van der Waals surface area contributed by atoms with E-state index in [1.165, 1.54) is 48.7 Å². The summed E-state index contributed by atoms with van der Waals surface area (Å²) in [7, 11) is 0. The first-order valence-corrected chi connectivity index (χ1v) is 10.7. The molecule has 0 fully saturated rings. The highest BCUT2D eigenvalue weighted by Gasteiger charge is 2.32. The number of carbonyl (C=O) groups is 1. The van der Waals surface area contributed by atoms with Gasteiger partial charge < -0.3 is 20.1 Å². The lowest BCUT2D eigenvalue weighted by Gasteiger charge is -2.14. The fraction of sp³-hybridized carbons (Fsp3) is 0.0370. The third-order valence-corrected chi connectivity index (χ3v) is 4.79. The largest absolute Gasteiger partial charge is 0.508 e. The second kappa shape index (κ2) is 11.9. The molecule has 8 nitrogen and oxygen atoms in total. The summed E-state index contributed by atoms with van der Waals surface area (Å²) in [6, 6.07) is 20.8. The van der Waals surface area contributed by atoms with Gasteiger partial charge in [-0.3, -0.25) is 9.59 Å². The Morgan fingerprint density at radius 1 is 0.895 bits per heavy atom. The maximum atomic E-state index is 13.1. The van der Waals surface area contributed by atoms with Crippen molar-refractivity contribution in [2.24, 2.45) is 0 Å². The number of benzene rings is 3. The first kappa shape index (κ1) is 27.0. The number of pyridine rings is 1. The van der Waals surface area contributed by atoms with E-state index in [9.17, 15) is 22.8 Å². The molecule has 0 aliphatic carbocycles. The number of aromatic hydroxyl groups is 1. The minimum Gasteiger partial charge on any atom is -0.508 e. The fourth-order valence-electron chi connectivity index (χ4n) is 2.95. The van der Waals surface area contributed by atoms with Crippen molar-refractivity contribution in [3.05, 3.63) is 118 Å². The number of rotatable bonds is 4. The zero-order chi connectivity index (χ0) is 27.7. The van der Waals surface area contributed by atoms with Crippen LogP contribution in [0.15, 0.2) is 89.9 Å². The van der Waals surface area contributed by atoms with Crippen LogP contribution in [0.1, 0.15) is 27.0 Å². The average Bonchev–Trinajstić information content (AvgIpc) is 2.89. The van der Waals surface area contributed by atoms with Crippen LogP contribution in [0.5, 0.6) is 17.2 Å². The smallest absolute Gasteiger partial charge is 0.416 e. The highest BCUT2D eigenvalue weighted by molar-refractivity contribution is 6.06. The van der Waals surface area contributed by atoms with E-state index in [0.717, 1.165) is 18.2 Å². The Balaban J connectivity index is 0.000000375. The number of phenols is 1. The number of halogens is 3. The number of ether oxygens (including phenoxy) is 1. The minimum absolute atomic E-state index is 0.112. The van der Waals surface area contributed by atoms with E-state index in [2.05, 4.69) is 10.3 Å². The maximum absolute atomic E-state index is 13.1. The first-order valence-electron chi connectivity index (χ1n) is 10.7. The number of carbonyl (C=O) groups excluding carboxylic acids is 1. The summed E-state index contributed by atoms with van der Waals surface area (Å²) in [6.07, 6.45) is -3.37. The number of alkyl halides is 3. The summed E-state index contributed by atoms with van der Waals surface area (Å²) in [6.45, 7) is 0. The molecule has 0 aliphatic rings. The number of nitrogens with one attached hydrogen (secondary N) is 2. The van der Waals surface area contributed by atoms with Crippen LogP contribution in [-0.4, -0.2) is 16.0 Å². The van der Waals surface area contributed by atoms with Gasteiger partial charge in [-0.2, -0.15) is 23.7 Å². The number of hydrogen-bond acceptors (Lipinski definition) is 6. The van der Waals surface area contributed by atoms with Gasteiger partial charge in [0.15, 0.2) is 0 Å². The standard InChI is InChI=1S/C20H12F3N3O3.C7H5NO/c21-20(22,23)13-3-6-17(29-15-4-1-12(11-24)2-5-15)16(9-13)19(28)26-14-7-8-25-18(27)10-14;8-5-6-1-3-7(9)4-2-6/h1-10H,(H2,25,26,27,28);1-4,9H. The molecular weight excluding hydrogens is 501 g/mol. The lowest BCUT2D eigenvalue weighted by molar-refractivity contribution is -0.137. The normalized spacial score (nSPS) is 10.2. The molecule has 4 aromatic rings. The summed E-state index contributed by atoms with van der Waals surface area (Å²) in [5, 5.41) is 28.2. The lowest BCUT2D eigenvalue weighted by atomic mass is 10.1. The Labute approximate surface area is 213 Å². The van der Waals surface area contributed by atoms with Gasteiger partial charge in [-0.05, 0) is 72.8 Å². The minimum atomic E-state index is -4.66. The molecule has 4 rings (SSSR count). The quantitative estimate of drug-likeness (QED) is 0.323. The van der Waals surface area contributed by atoms with Gasteiger partial charge >= 0.3 is 6.18 Å². The van der Waals surface area contributed by atoms with Crippen molar-refractivity contribution >= 4 is 11.6 Å². The van der Waals surface area contributed by atoms with Crippen LogP contribution in [0.25, 0.3) is 0 Å². The molecule has 3 N–H and O–H groups in total. The molecule has 0 saturated carbocycles. The molecule has 190 valence electrons. The van der Waals surface area contributed by atoms with Crippen LogP contribution < -0.4 is 15.6 Å². The summed E-state index contributed by atoms with van der Waals surface area (Å²) < 4.78 is 44.9. The zero-order valence-corrected chi connectivity index (χ0v) is 19.3. The third kappa shape index (κ3) is 7.47. The molecule has 0 unspecified atom stereocenters. The van der Waals surface area contributed by atoms with Gasteiger partial charge in [0.05, 0.1) is 34.4 Å². The van der Waals surface area contributed by atoms with Crippen molar-refractivity contribution < 1.29 is 27.8 Å². The monoisotopic (exact) mass is 518 g/mol. The Hall–Kier alpha value is -5.55. The molecule has 11 heteroatoms. The highest BCUT2D eigenvalue weighted by atomic mass is 19.4. The van der Waals surface area contributed by atoms with Gasteiger partial charge in [0, 0.05) is 18.0 Å². The first-order chi connectivity index (χ1) is 18.1. The lowest BCUT2D eigenvalue weighted by Crippen LogP contribution is -2.16. The van der Waals surface area contributed by atoms with Gasteiger partial charge in [0.1, 0.15) is 17.2 Å². The van der Waals surface area contributed by atoms with E-state index < -0.39 is 23.2 Å². The van der Waals surface area contributed by atoms with E-state index in [0.29, 0.717) is 17.2 Å². The number of phenolic OH excluding ortho intramolecular Hbond substituents is 1. The number of hydrogen-bond donors (Lipinski definition) is 3. The van der Waals surface area contributed by atoms with E-state index in [4.69, 9.17) is 20.4 Å². The third-order valence-electron chi connectivity index (χ3n) is 4.79. The maximum Gasteiger partial charge on any atom is 0.416 e. The molecule has 0 radical (unpaired) electrons. The van der Waals surface area contributed by atoms with Crippen LogP contribution in [-0.2, 0) is 6.18 Å². The van der Waals surface area contributed by atoms with Crippen molar-refractivity contribution in [3.63, 3.8) is 0 Å². The average molecular weight is 518 g/mol. The number of nitriles is 2. The second-order valence-electron chi connectivity index (χ2n) is 7.50. The summed E-state index contributed by atoms with van der Waals surface area (Å²) in [5.74, 6) is -0.585. The van der Waals surface area contributed by atoms with Crippen LogP contribution in [0.3, 0.4) is 0 Å². The van der Waals surface area contributed by atoms with Gasteiger partial charge in [0.2, 0.25) is 5.56 Å². The van der Waals surface area contributed by atoms with Crippen LogP contribution in [0.2, 0.25) is 0 Å². The van der Waals surface area contributed by atoms with Gasteiger partial charge in [-0.25, -0.2) is 0 Å². The van der Waals surface area contributed by atoms with Gasteiger partial charge in [0.25, 0.3) is 5.91 Å². The molecule has 0 spiro atoms. The number of aromatic nitrogens is 1. The number of amides is 1. The molecular formula is C27H17F3N4O4. The van der Waals surface area contributed by atoms with Crippen LogP contribution in [0.4, 0.5) is 18.9 Å². The molecule has 0 aliphatic heterocycles. The number of anilines is 1. The summed E-state index contributed by atoms with van der Waals surface area (Å²) in [5.41, 5.74) is -0.837. The van der Waals surface area contributed by atoms with Crippen LogP contribution in [0, 0.1) is 22.7 Å². The summed E-state index contributed by atoms with van der Waals surface area (Å²) in [4.78, 5) is 26.3. The van der Waals surface area contributed by atoms with Crippen molar-refractivity contribution in [1.29, 1.82) is 10.5 Å². The molecule has 1 aromatic heterocycles. The predicted molar refractivity (Wildman–Crippen MR) is 131 cm³/mol. The second-order valence-corrected chi connectivity index (χ2v) is 7.50. The Morgan fingerprint density at radius 3 is 2.05 bits per heavy atom. The van der Waals surface area contributed by atoms with Crippen molar-refractivity contribution in [1.82, 2.24) is 4.98 Å². The highest BCUT2D eigenvalue weighted by Crippen LogP contribution is 2.34. The predicted octanol–water partition coefficient (Wildman–Crippen LogP) is 5.57.